The second-order valence-electron chi connectivity index (χ2n) is 2.87. The molecule has 1 aliphatic heterocycles. The zero-order valence-corrected chi connectivity index (χ0v) is 7.52. The highest BCUT2D eigenvalue weighted by Gasteiger charge is 2.35. The van der Waals surface area contributed by atoms with Gasteiger partial charge in [-0.1, -0.05) is 24.9 Å². The Morgan fingerprint density at radius 1 is 1.54 bits per heavy atom. The van der Waals surface area contributed by atoms with E-state index in [9.17, 15) is 4.79 Å². The van der Waals surface area contributed by atoms with Crippen molar-refractivity contribution in [3.05, 3.63) is 0 Å². The largest absolute Gasteiger partial charge is 0.515 e. The fourth-order valence-corrected chi connectivity index (χ4v) is 1.09. The summed E-state index contributed by atoms with van der Waals surface area (Å²) in [7, 11) is 0. The fourth-order valence-electron chi connectivity index (χ4n) is 1.09. The predicted octanol–water partition coefficient (Wildman–Crippen LogP) is 1.89. The van der Waals surface area contributed by atoms with Crippen molar-refractivity contribution in [3.63, 3.8) is 0 Å². The van der Waals surface area contributed by atoms with Gasteiger partial charge in [0.2, 0.25) is 0 Å². The molecule has 0 aromatic carbocycles. The van der Waals surface area contributed by atoms with Crippen molar-refractivity contribution in [2.45, 2.75) is 38.9 Å². The van der Waals surface area contributed by atoms with Gasteiger partial charge in [0.25, 0.3) is 6.29 Å². The molecule has 0 aliphatic carbocycles. The quantitative estimate of drug-likeness (QED) is 0.234. The lowest BCUT2D eigenvalue weighted by atomic mass is 10.1. The zero-order chi connectivity index (χ0) is 9.68. The molecule has 0 atom stereocenters. The molecule has 0 radical (unpaired) electrons. The van der Waals surface area contributed by atoms with Crippen LogP contribution < -0.4 is 0 Å². The summed E-state index contributed by atoms with van der Waals surface area (Å²) >= 11 is 0. The van der Waals surface area contributed by atoms with Crippen LogP contribution in [0.25, 0.3) is 0 Å². The number of carbonyl (C=O) groups is 1. The molecule has 0 aromatic heterocycles. The Labute approximate surface area is 76.3 Å². The Morgan fingerprint density at radius 3 is 2.69 bits per heavy atom. The van der Waals surface area contributed by atoms with Crippen LogP contribution in [0.4, 0.5) is 4.79 Å². The Morgan fingerprint density at radius 2 is 2.23 bits per heavy atom. The van der Waals surface area contributed by atoms with Crippen molar-refractivity contribution in [1.82, 2.24) is 0 Å². The summed E-state index contributed by atoms with van der Waals surface area (Å²) in [6, 6.07) is 0. The van der Waals surface area contributed by atoms with Crippen LogP contribution >= 0.6 is 0 Å². The Balaban J connectivity index is 2.24. The lowest BCUT2D eigenvalue weighted by Crippen LogP contribution is -2.41. The van der Waals surface area contributed by atoms with Gasteiger partial charge in [0.15, 0.2) is 0 Å². The van der Waals surface area contributed by atoms with Gasteiger partial charge in [0, 0.05) is 0 Å². The van der Waals surface area contributed by atoms with E-state index < -0.39 is 12.4 Å². The molecule has 1 saturated heterocycles. The van der Waals surface area contributed by atoms with Gasteiger partial charge in [-0.2, -0.15) is 0 Å². The molecule has 13 heavy (non-hydrogen) atoms. The van der Waals surface area contributed by atoms with E-state index in [1.54, 1.807) is 0 Å². The predicted molar refractivity (Wildman–Crippen MR) is 44.7 cm³/mol. The molecule has 0 amide bonds. The summed E-state index contributed by atoms with van der Waals surface area (Å²) in [5.41, 5.74) is 0.382. The highest BCUT2D eigenvalue weighted by atomic mass is 16.9. The van der Waals surface area contributed by atoms with E-state index in [1.165, 1.54) is 0 Å². The number of hydrogen-bond donors (Lipinski definition) is 1. The first kappa shape index (κ1) is 9.83. The average Bonchev–Trinajstić information content (AvgIpc) is 2.08. The third-order valence-corrected chi connectivity index (χ3v) is 1.84. The monoisotopic (exact) mass is 187 g/mol. The molecule has 1 aliphatic rings. The molecule has 0 bridgehead atoms. The molecule has 0 unspecified atom stereocenters. The normalized spacial score (nSPS) is 17.6. The highest BCUT2D eigenvalue weighted by Crippen LogP contribution is 2.15. The molecule has 74 valence electrons. The van der Waals surface area contributed by atoms with Crippen molar-refractivity contribution < 1.29 is 19.5 Å². The molecule has 0 aromatic rings. The van der Waals surface area contributed by atoms with Gasteiger partial charge in [0.1, 0.15) is 5.71 Å². The summed E-state index contributed by atoms with van der Waals surface area (Å²) in [6.45, 7) is 2.08. The van der Waals surface area contributed by atoms with E-state index in [4.69, 9.17) is 5.21 Å². The van der Waals surface area contributed by atoms with E-state index in [0.29, 0.717) is 12.1 Å². The smallest absolute Gasteiger partial charge is 0.411 e. The Bertz CT molecular complexity index is 206. The number of rotatable bonds is 5. The number of hydrogen-bond acceptors (Lipinski definition) is 5. The number of carbonyl (C=O) groups excluding carboxylic acids is 1. The number of oxime groups is 1. The van der Waals surface area contributed by atoms with Crippen molar-refractivity contribution in [2.75, 3.05) is 0 Å². The number of nitrogens with zero attached hydrogens (tertiary/aromatic N) is 1. The lowest BCUT2D eigenvalue weighted by Gasteiger charge is -2.25. The zero-order valence-electron chi connectivity index (χ0n) is 7.52. The second kappa shape index (κ2) is 4.69. The molecule has 1 rings (SSSR count). The van der Waals surface area contributed by atoms with Gasteiger partial charge in [0.05, 0.1) is 0 Å². The molecule has 5 heteroatoms. The van der Waals surface area contributed by atoms with Gasteiger partial charge in [-0.25, -0.2) is 4.79 Å². The molecule has 0 spiro atoms. The second-order valence-corrected chi connectivity index (χ2v) is 2.87. The van der Waals surface area contributed by atoms with Gasteiger partial charge in [-0.05, 0) is 12.8 Å². The summed E-state index contributed by atoms with van der Waals surface area (Å²) < 4.78 is 9.14. The lowest BCUT2D eigenvalue weighted by molar-refractivity contribution is -0.143. The Kier molecular flexibility index (Phi) is 3.54. The van der Waals surface area contributed by atoms with Crippen LogP contribution in [0, 0.1) is 0 Å². The molecule has 1 N–H and O–H groups in total. The van der Waals surface area contributed by atoms with Crippen LogP contribution in [0.5, 0.6) is 0 Å². The van der Waals surface area contributed by atoms with Crippen LogP contribution in [0.1, 0.15) is 32.6 Å². The molecular formula is C8H13NO4. The maximum Gasteiger partial charge on any atom is 0.515 e. The third kappa shape index (κ3) is 2.61. The van der Waals surface area contributed by atoms with Crippen LogP contribution in [0.2, 0.25) is 0 Å². The average molecular weight is 187 g/mol. The maximum atomic E-state index is 10.3. The SMILES string of the molecule is CCCCC/C(=N\O)C1OC(=O)O1. The standard InChI is InChI=1S/C8H13NO4/c1-2-3-4-5-6(9-11)7-12-8(10)13-7/h7,11H,2-5H2,1H3/b9-6+. The van der Waals surface area contributed by atoms with Crippen molar-refractivity contribution >= 4 is 11.9 Å². The first-order valence-corrected chi connectivity index (χ1v) is 4.36. The topological polar surface area (TPSA) is 68.1 Å². The number of unbranched alkanes of at least 4 members (excludes halogenated alkanes) is 2. The summed E-state index contributed by atoms with van der Waals surface area (Å²) in [5, 5.41) is 11.6. The van der Waals surface area contributed by atoms with Crippen LogP contribution in [-0.2, 0) is 9.47 Å². The summed E-state index contributed by atoms with van der Waals surface area (Å²) in [6.07, 6.45) is 2.19. The third-order valence-electron chi connectivity index (χ3n) is 1.84. The van der Waals surface area contributed by atoms with E-state index >= 15 is 0 Å². The van der Waals surface area contributed by atoms with Gasteiger partial charge in [-0.15, -0.1) is 0 Å². The van der Waals surface area contributed by atoms with Crippen molar-refractivity contribution in [3.8, 4) is 0 Å². The minimum absolute atomic E-state index is 0.382. The van der Waals surface area contributed by atoms with E-state index in [2.05, 4.69) is 21.6 Å². The molecule has 1 heterocycles. The first-order chi connectivity index (χ1) is 6.27. The highest BCUT2D eigenvalue weighted by molar-refractivity contribution is 5.91. The molecule has 5 nitrogen and oxygen atoms in total. The van der Waals surface area contributed by atoms with Gasteiger partial charge < -0.3 is 14.7 Å². The molecular weight excluding hydrogens is 174 g/mol. The van der Waals surface area contributed by atoms with Crippen LogP contribution in [-0.4, -0.2) is 23.4 Å². The van der Waals surface area contributed by atoms with E-state index in [1.807, 2.05) is 0 Å². The minimum atomic E-state index is -0.755. The van der Waals surface area contributed by atoms with Gasteiger partial charge >= 0.3 is 6.16 Å². The van der Waals surface area contributed by atoms with Crippen LogP contribution in [0.15, 0.2) is 5.16 Å². The molecule has 0 saturated carbocycles. The first-order valence-electron chi connectivity index (χ1n) is 4.36. The number of ether oxygens (including phenoxy) is 2. The van der Waals surface area contributed by atoms with Gasteiger partial charge in [-0.3, -0.25) is 0 Å². The number of cyclic esters (lactones) is 2. The summed E-state index contributed by atoms with van der Waals surface area (Å²) in [5.74, 6) is 0. The fraction of sp³-hybridized carbons (Fsp3) is 0.750. The summed E-state index contributed by atoms with van der Waals surface area (Å²) in [4.78, 5) is 10.3. The van der Waals surface area contributed by atoms with E-state index in [-0.39, 0.29) is 0 Å². The Hall–Kier alpha value is -1.26. The molecule has 1 fully saturated rings. The van der Waals surface area contributed by atoms with Crippen molar-refractivity contribution in [2.24, 2.45) is 5.16 Å². The van der Waals surface area contributed by atoms with Crippen LogP contribution in [0.3, 0.4) is 0 Å². The van der Waals surface area contributed by atoms with E-state index in [0.717, 1.165) is 19.3 Å². The van der Waals surface area contributed by atoms with Crippen molar-refractivity contribution in [1.29, 1.82) is 0 Å². The maximum absolute atomic E-state index is 10.3. The minimum Gasteiger partial charge on any atom is -0.411 e.